The lowest BCUT2D eigenvalue weighted by molar-refractivity contribution is -0.131. The van der Waals surface area contributed by atoms with Crippen molar-refractivity contribution in [2.75, 3.05) is 28.4 Å². The highest BCUT2D eigenvalue weighted by Gasteiger charge is 2.26. The first-order chi connectivity index (χ1) is 11.9. The Hall–Kier alpha value is -2.96. The number of Topliss-reactive ketones (excluding diaryl/α,β-unsaturated/α-hetero) is 1. The first-order valence-corrected chi connectivity index (χ1v) is 7.42. The summed E-state index contributed by atoms with van der Waals surface area (Å²) in [7, 11) is 5.82. The van der Waals surface area contributed by atoms with Crippen LogP contribution in [0.1, 0.15) is 24.2 Å². The molecule has 0 radical (unpaired) electrons. The fraction of sp³-hybridized carbons (Fsp3) is 0.333. The number of carbonyl (C=O) groups is 2. The van der Waals surface area contributed by atoms with E-state index in [0.717, 1.165) is 0 Å². The van der Waals surface area contributed by atoms with Crippen LogP contribution in [0, 0.1) is 0 Å². The topological polar surface area (TPSA) is 80.3 Å². The van der Waals surface area contributed by atoms with Crippen molar-refractivity contribution in [2.24, 2.45) is 0 Å². The van der Waals surface area contributed by atoms with Crippen molar-refractivity contribution in [1.82, 2.24) is 0 Å². The van der Waals surface area contributed by atoms with E-state index in [9.17, 15) is 9.59 Å². The highest BCUT2D eigenvalue weighted by atomic mass is 16.6. The minimum absolute atomic E-state index is 0.163. The summed E-state index contributed by atoms with van der Waals surface area (Å²) >= 11 is 0. The van der Waals surface area contributed by atoms with E-state index in [1.807, 2.05) is 0 Å². The van der Waals surface area contributed by atoms with Crippen molar-refractivity contribution >= 4 is 22.5 Å². The summed E-state index contributed by atoms with van der Waals surface area (Å²) in [5.74, 6) is 0.739. The molecule has 0 saturated heterocycles. The first kappa shape index (κ1) is 18.4. The van der Waals surface area contributed by atoms with Crippen LogP contribution in [0.25, 0.3) is 10.8 Å². The van der Waals surface area contributed by atoms with Gasteiger partial charge < -0.3 is 23.7 Å². The van der Waals surface area contributed by atoms with E-state index >= 15 is 0 Å². The van der Waals surface area contributed by atoms with Crippen LogP contribution in [0.15, 0.2) is 12.1 Å². The van der Waals surface area contributed by atoms with E-state index in [0.29, 0.717) is 33.6 Å². The maximum Gasteiger partial charge on any atom is 0.308 e. The van der Waals surface area contributed by atoms with Gasteiger partial charge in [0.2, 0.25) is 0 Å². The molecule has 0 aromatic heterocycles. The van der Waals surface area contributed by atoms with Gasteiger partial charge in [-0.2, -0.15) is 0 Å². The molecule has 134 valence electrons. The van der Waals surface area contributed by atoms with Crippen molar-refractivity contribution in [2.45, 2.75) is 13.8 Å². The predicted octanol–water partition coefficient (Wildman–Crippen LogP) is 3.00. The van der Waals surface area contributed by atoms with Gasteiger partial charge in [0.15, 0.2) is 17.3 Å². The molecule has 2 aromatic carbocycles. The molecule has 0 N–H and O–H groups in total. The summed E-state index contributed by atoms with van der Waals surface area (Å²) in [5, 5.41) is 0.863. The average Bonchev–Trinajstić information content (AvgIpc) is 2.59. The summed E-state index contributed by atoms with van der Waals surface area (Å²) < 4.78 is 27.0. The van der Waals surface area contributed by atoms with Crippen LogP contribution in [0.4, 0.5) is 0 Å². The zero-order valence-electron chi connectivity index (χ0n) is 15.0. The summed E-state index contributed by atoms with van der Waals surface area (Å²) in [6.07, 6.45) is 0. The Morgan fingerprint density at radius 2 is 1.24 bits per heavy atom. The monoisotopic (exact) mass is 348 g/mol. The average molecular weight is 348 g/mol. The van der Waals surface area contributed by atoms with E-state index in [2.05, 4.69) is 0 Å². The highest BCUT2D eigenvalue weighted by molar-refractivity contribution is 6.11. The summed E-state index contributed by atoms with van der Waals surface area (Å²) in [6.45, 7) is 2.70. The van der Waals surface area contributed by atoms with Crippen LogP contribution < -0.4 is 23.7 Å². The predicted molar refractivity (Wildman–Crippen MR) is 91.5 cm³/mol. The standard InChI is InChI=1S/C18H20O7/c1-9(19)11-7-12(21-3)16-15(17(11)24-6)13(22-4)8-14(23-5)18(16)25-10(2)20/h7-8H,1-6H3. The SMILES string of the molecule is COc1cc(OC)c2c(OC)c(C(C)=O)cc(OC)c2c1OC(C)=O. The second-order valence-corrected chi connectivity index (χ2v) is 5.17. The number of methoxy groups -OCH3 is 4. The molecule has 0 saturated carbocycles. The summed E-state index contributed by atoms with van der Waals surface area (Å²) in [5.41, 5.74) is 0.323. The molecule has 0 heterocycles. The van der Waals surface area contributed by atoms with Gasteiger partial charge in [-0.05, 0) is 13.0 Å². The maximum atomic E-state index is 12.0. The van der Waals surface area contributed by atoms with Crippen LogP contribution in [0.2, 0.25) is 0 Å². The molecular weight excluding hydrogens is 328 g/mol. The molecule has 0 aliphatic heterocycles. The molecule has 0 aliphatic rings. The van der Waals surface area contributed by atoms with Crippen LogP contribution in [-0.2, 0) is 4.79 Å². The van der Waals surface area contributed by atoms with Gasteiger partial charge in [0.1, 0.15) is 17.2 Å². The molecule has 0 unspecified atom stereocenters. The minimum Gasteiger partial charge on any atom is -0.496 e. The van der Waals surface area contributed by atoms with Gasteiger partial charge >= 0.3 is 5.97 Å². The second-order valence-electron chi connectivity index (χ2n) is 5.17. The van der Waals surface area contributed by atoms with Crippen LogP contribution in [0.5, 0.6) is 28.7 Å². The lowest BCUT2D eigenvalue weighted by Gasteiger charge is -2.20. The molecule has 2 rings (SSSR count). The quantitative estimate of drug-likeness (QED) is 0.451. The van der Waals surface area contributed by atoms with Crippen LogP contribution >= 0.6 is 0 Å². The number of ketones is 1. The third-order valence-corrected chi connectivity index (χ3v) is 3.69. The smallest absolute Gasteiger partial charge is 0.308 e. The summed E-state index contributed by atoms with van der Waals surface area (Å²) in [6, 6.07) is 3.10. The van der Waals surface area contributed by atoms with Crippen molar-refractivity contribution in [3.05, 3.63) is 17.7 Å². The molecule has 2 aromatic rings. The molecule has 7 heteroatoms. The Bertz CT molecular complexity index is 839. The number of carbonyl (C=O) groups excluding carboxylic acids is 2. The zero-order chi connectivity index (χ0) is 18.7. The van der Waals surface area contributed by atoms with Gasteiger partial charge in [-0.1, -0.05) is 0 Å². The Kier molecular flexibility index (Phi) is 5.36. The van der Waals surface area contributed by atoms with Crippen molar-refractivity contribution in [1.29, 1.82) is 0 Å². The Morgan fingerprint density at radius 1 is 0.720 bits per heavy atom. The number of benzene rings is 2. The van der Waals surface area contributed by atoms with E-state index in [1.54, 1.807) is 6.07 Å². The molecular formula is C18H20O7. The molecule has 0 fully saturated rings. The number of esters is 1. The lowest BCUT2D eigenvalue weighted by atomic mass is 9.99. The normalized spacial score (nSPS) is 10.3. The molecule has 0 spiro atoms. The van der Waals surface area contributed by atoms with E-state index < -0.39 is 5.97 Å². The van der Waals surface area contributed by atoms with Crippen molar-refractivity contribution in [3.63, 3.8) is 0 Å². The van der Waals surface area contributed by atoms with E-state index in [1.165, 1.54) is 48.4 Å². The molecule has 0 amide bonds. The van der Waals surface area contributed by atoms with Crippen LogP contribution in [0.3, 0.4) is 0 Å². The fourth-order valence-electron chi connectivity index (χ4n) is 2.67. The Labute approximate surface area is 145 Å². The first-order valence-electron chi connectivity index (χ1n) is 7.42. The number of rotatable bonds is 6. The number of fused-ring (bicyclic) bond motifs is 1. The molecule has 0 atom stereocenters. The lowest BCUT2D eigenvalue weighted by Crippen LogP contribution is -2.07. The molecule has 7 nitrogen and oxygen atoms in total. The molecule has 0 bridgehead atoms. The van der Waals surface area contributed by atoms with Gasteiger partial charge in [0.25, 0.3) is 0 Å². The number of hydrogen-bond acceptors (Lipinski definition) is 7. The second kappa shape index (κ2) is 7.29. The van der Waals surface area contributed by atoms with E-state index in [-0.39, 0.29) is 17.3 Å². The van der Waals surface area contributed by atoms with Gasteiger partial charge in [0, 0.05) is 13.0 Å². The number of ether oxygens (including phenoxy) is 5. The Balaban J connectivity index is 3.11. The molecule has 0 aliphatic carbocycles. The maximum absolute atomic E-state index is 12.0. The molecule has 25 heavy (non-hydrogen) atoms. The third-order valence-electron chi connectivity index (χ3n) is 3.69. The minimum atomic E-state index is -0.526. The fourth-order valence-corrected chi connectivity index (χ4v) is 2.67. The number of hydrogen-bond donors (Lipinski definition) is 0. The summed E-state index contributed by atoms with van der Waals surface area (Å²) in [4.78, 5) is 23.6. The zero-order valence-corrected chi connectivity index (χ0v) is 15.0. The largest absolute Gasteiger partial charge is 0.496 e. The van der Waals surface area contributed by atoms with Crippen molar-refractivity contribution in [3.8, 4) is 28.7 Å². The van der Waals surface area contributed by atoms with Gasteiger partial charge in [-0.15, -0.1) is 0 Å². The van der Waals surface area contributed by atoms with Crippen molar-refractivity contribution < 1.29 is 33.3 Å². The van der Waals surface area contributed by atoms with E-state index in [4.69, 9.17) is 23.7 Å². The van der Waals surface area contributed by atoms with Gasteiger partial charge in [-0.3, -0.25) is 9.59 Å². The van der Waals surface area contributed by atoms with Gasteiger partial charge in [0.05, 0.1) is 44.8 Å². The third kappa shape index (κ3) is 3.17. The van der Waals surface area contributed by atoms with Crippen LogP contribution in [-0.4, -0.2) is 40.2 Å². The Morgan fingerprint density at radius 3 is 1.68 bits per heavy atom. The highest BCUT2D eigenvalue weighted by Crippen LogP contribution is 2.50. The van der Waals surface area contributed by atoms with Gasteiger partial charge in [-0.25, -0.2) is 0 Å².